The zero-order valence-electron chi connectivity index (χ0n) is 14.8. The van der Waals surface area contributed by atoms with E-state index in [2.05, 4.69) is 34.6 Å². The van der Waals surface area contributed by atoms with Crippen LogP contribution < -0.4 is 5.32 Å². The Labute approximate surface area is 164 Å². The molecule has 0 saturated carbocycles. The van der Waals surface area contributed by atoms with Crippen molar-refractivity contribution in [1.82, 2.24) is 10.3 Å². The fourth-order valence-corrected chi connectivity index (χ4v) is 4.06. The molecule has 4 aromatic rings. The summed E-state index contributed by atoms with van der Waals surface area (Å²) in [6.45, 7) is 0.860. The number of rotatable bonds is 5. The lowest BCUT2D eigenvalue weighted by molar-refractivity contribution is -0.137. The second kappa shape index (κ2) is 7.73. The van der Waals surface area contributed by atoms with Crippen molar-refractivity contribution in [2.75, 3.05) is 0 Å². The molecule has 0 amide bonds. The van der Waals surface area contributed by atoms with Gasteiger partial charge in [0.05, 0.1) is 10.4 Å². The van der Waals surface area contributed by atoms with Crippen molar-refractivity contribution in [3.05, 3.63) is 89.1 Å². The van der Waals surface area contributed by atoms with E-state index >= 15 is 0 Å². The number of hydrogen-bond acceptors (Lipinski definition) is 3. The smallest absolute Gasteiger partial charge is 0.306 e. The van der Waals surface area contributed by atoms with Gasteiger partial charge in [-0.25, -0.2) is 4.98 Å². The predicted octanol–water partition coefficient (Wildman–Crippen LogP) is 6.27. The highest BCUT2D eigenvalue weighted by Crippen LogP contribution is 2.32. The van der Waals surface area contributed by atoms with Crippen LogP contribution >= 0.6 is 11.3 Å². The molecule has 1 N–H and O–H groups in total. The van der Waals surface area contributed by atoms with E-state index in [-0.39, 0.29) is 0 Å². The molecule has 28 heavy (non-hydrogen) atoms. The van der Waals surface area contributed by atoms with E-state index in [0.717, 1.165) is 21.5 Å². The average molecular weight is 398 g/mol. The Morgan fingerprint density at radius 3 is 2.54 bits per heavy atom. The van der Waals surface area contributed by atoms with Gasteiger partial charge < -0.3 is 5.32 Å². The molecule has 0 aliphatic carbocycles. The Balaban J connectivity index is 1.45. The van der Waals surface area contributed by atoms with Crippen molar-refractivity contribution in [2.24, 2.45) is 0 Å². The molecule has 4 rings (SSSR count). The van der Waals surface area contributed by atoms with Gasteiger partial charge in [-0.1, -0.05) is 60.7 Å². The molecule has 0 radical (unpaired) electrons. The Morgan fingerprint density at radius 1 is 0.893 bits per heavy atom. The lowest BCUT2D eigenvalue weighted by Gasteiger charge is -2.09. The minimum absolute atomic E-state index is 0.354. The minimum atomic E-state index is -4.32. The first-order valence-corrected chi connectivity index (χ1v) is 9.62. The predicted molar refractivity (Wildman–Crippen MR) is 107 cm³/mol. The number of nitrogens with zero attached hydrogens (tertiary/aromatic N) is 1. The summed E-state index contributed by atoms with van der Waals surface area (Å²) in [5.74, 6) is 0. The number of thiazole rings is 1. The molecule has 3 aromatic carbocycles. The number of alkyl halides is 3. The standard InChI is InChI=1S/C22H17F3N2S/c23-22(24,25)17-8-3-5-15(11-17)12-26-14-21-27-13-20(28-21)19-10-4-7-16-6-1-2-9-18(16)19/h1-11,13,26H,12,14H2. The van der Waals surface area contributed by atoms with Crippen molar-refractivity contribution < 1.29 is 13.2 Å². The maximum atomic E-state index is 12.8. The quantitative estimate of drug-likeness (QED) is 0.428. The Morgan fingerprint density at radius 2 is 1.68 bits per heavy atom. The van der Waals surface area contributed by atoms with Gasteiger partial charge in [0.25, 0.3) is 0 Å². The molecule has 0 aliphatic rings. The second-order valence-electron chi connectivity index (χ2n) is 6.45. The zero-order chi connectivity index (χ0) is 19.6. The summed E-state index contributed by atoms with van der Waals surface area (Å²) in [7, 11) is 0. The van der Waals surface area contributed by atoms with E-state index in [0.29, 0.717) is 18.7 Å². The van der Waals surface area contributed by atoms with Gasteiger partial charge >= 0.3 is 6.18 Å². The van der Waals surface area contributed by atoms with Crippen molar-refractivity contribution in [2.45, 2.75) is 19.3 Å². The largest absolute Gasteiger partial charge is 0.416 e. The molecule has 142 valence electrons. The van der Waals surface area contributed by atoms with Crippen molar-refractivity contribution in [3.63, 3.8) is 0 Å². The molecule has 2 nitrogen and oxygen atoms in total. The van der Waals surface area contributed by atoms with Gasteiger partial charge in [0.1, 0.15) is 5.01 Å². The average Bonchev–Trinajstić information content (AvgIpc) is 3.16. The summed E-state index contributed by atoms with van der Waals surface area (Å²) in [6.07, 6.45) is -2.47. The number of hydrogen-bond donors (Lipinski definition) is 1. The van der Waals surface area contributed by atoms with Gasteiger partial charge in [0.2, 0.25) is 0 Å². The van der Waals surface area contributed by atoms with Crippen molar-refractivity contribution in [1.29, 1.82) is 0 Å². The number of aromatic nitrogens is 1. The first kappa shape index (κ1) is 18.7. The summed E-state index contributed by atoms with van der Waals surface area (Å²) in [5.41, 5.74) is 1.11. The maximum Gasteiger partial charge on any atom is 0.416 e. The first-order valence-electron chi connectivity index (χ1n) is 8.80. The molecule has 1 heterocycles. The number of halogens is 3. The topological polar surface area (TPSA) is 24.9 Å². The van der Waals surface area contributed by atoms with E-state index in [9.17, 15) is 13.2 Å². The van der Waals surface area contributed by atoms with E-state index in [1.54, 1.807) is 17.4 Å². The van der Waals surface area contributed by atoms with Gasteiger partial charge in [-0.05, 0) is 22.4 Å². The molecule has 0 bridgehead atoms. The van der Waals surface area contributed by atoms with Crippen molar-refractivity contribution >= 4 is 22.1 Å². The molecule has 0 aliphatic heterocycles. The summed E-state index contributed by atoms with van der Waals surface area (Å²) >= 11 is 1.59. The summed E-state index contributed by atoms with van der Waals surface area (Å²) < 4.78 is 38.4. The van der Waals surface area contributed by atoms with Gasteiger partial charge in [-0.2, -0.15) is 13.2 Å². The van der Waals surface area contributed by atoms with Crippen LogP contribution in [0.4, 0.5) is 13.2 Å². The SMILES string of the molecule is FC(F)(F)c1cccc(CNCc2ncc(-c3cccc4ccccc34)s2)c1. The molecule has 0 atom stereocenters. The Bertz CT molecular complexity index is 1100. The van der Waals surface area contributed by atoms with Gasteiger partial charge in [0.15, 0.2) is 0 Å². The second-order valence-corrected chi connectivity index (χ2v) is 7.56. The normalized spacial score (nSPS) is 11.8. The summed E-state index contributed by atoms with van der Waals surface area (Å²) in [6, 6.07) is 19.8. The van der Waals surface area contributed by atoms with Crippen LogP contribution in [0, 0.1) is 0 Å². The van der Waals surface area contributed by atoms with Crippen LogP contribution in [0.1, 0.15) is 16.1 Å². The van der Waals surface area contributed by atoms with Gasteiger partial charge in [-0.3, -0.25) is 0 Å². The van der Waals surface area contributed by atoms with Crippen LogP contribution in [0.2, 0.25) is 0 Å². The lowest BCUT2D eigenvalue weighted by atomic mass is 10.0. The number of fused-ring (bicyclic) bond motifs is 1. The maximum absolute atomic E-state index is 12.8. The molecular formula is C22H17F3N2S. The third-order valence-electron chi connectivity index (χ3n) is 4.47. The molecule has 0 fully saturated rings. The van der Waals surface area contributed by atoms with E-state index in [4.69, 9.17) is 0 Å². The molecule has 0 spiro atoms. The number of nitrogens with one attached hydrogen (secondary N) is 1. The van der Waals surface area contributed by atoms with Crippen molar-refractivity contribution in [3.8, 4) is 10.4 Å². The third kappa shape index (κ3) is 4.08. The molecule has 1 aromatic heterocycles. The van der Waals surface area contributed by atoms with Crippen LogP contribution in [0.3, 0.4) is 0 Å². The fraction of sp³-hybridized carbons (Fsp3) is 0.136. The summed E-state index contributed by atoms with van der Waals surface area (Å²) in [5, 5.41) is 6.43. The highest BCUT2D eigenvalue weighted by molar-refractivity contribution is 7.15. The van der Waals surface area contributed by atoms with Crippen LogP contribution in [0.5, 0.6) is 0 Å². The number of benzene rings is 3. The minimum Gasteiger partial charge on any atom is -0.306 e. The van der Waals surface area contributed by atoms with E-state index < -0.39 is 11.7 Å². The lowest BCUT2D eigenvalue weighted by Crippen LogP contribution is -2.13. The van der Waals surface area contributed by atoms with E-state index in [1.807, 2.05) is 24.4 Å². The monoisotopic (exact) mass is 398 g/mol. The molecule has 0 saturated heterocycles. The third-order valence-corrected chi connectivity index (χ3v) is 5.50. The fourth-order valence-electron chi connectivity index (χ4n) is 3.13. The van der Waals surface area contributed by atoms with Gasteiger partial charge in [0, 0.05) is 24.8 Å². The summed E-state index contributed by atoms with van der Waals surface area (Å²) in [4.78, 5) is 5.54. The molecule has 0 unspecified atom stereocenters. The van der Waals surface area contributed by atoms with E-state index in [1.165, 1.54) is 22.9 Å². The molecule has 6 heteroatoms. The Hall–Kier alpha value is -2.70. The highest BCUT2D eigenvalue weighted by Gasteiger charge is 2.30. The van der Waals surface area contributed by atoms with Crippen LogP contribution in [0.25, 0.3) is 21.2 Å². The van der Waals surface area contributed by atoms with Crippen LogP contribution in [-0.4, -0.2) is 4.98 Å². The zero-order valence-corrected chi connectivity index (χ0v) is 15.6. The first-order chi connectivity index (χ1) is 13.5. The molecular weight excluding hydrogens is 381 g/mol. The van der Waals surface area contributed by atoms with Crippen LogP contribution in [-0.2, 0) is 19.3 Å². The van der Waals surface area contributed by atoms with Crippen LogP contribution in [0.15, 0.2) is 72.9 Å². The Kier molecular flexibility index (Phi) is 5.15. The highest BCUT2D eigenvalue weighted by atomic mass is 32.1. The van der Waals surface area contributed by atoms with Gasteiger partial charge in [-0.15, -0.1) is 11.3 Å².